The van der Waals surface area contributed by atoms with Crippen LogP contribution in [-0.4, -0.2) is 58.7 Å². The van der Waals surface area contributed by atoms with Gasteiger partial charge in [0, 0.05) is 30.6 Å². The second-order valence-corrected chi connectivity index (χ2v) is 11.9. The van der Waals surface area contributed by atoms with Crippen molar-refractivity contribution in [1.82, 2.24) is 25.3 Å². The summed E-state index contributed by atoms with van der Waals surface area (Å²) in [6.07, 6.45) is 2.76. The van der Waals surface area contributed by atoms with Gasteiger partial charge in [0.1, 0.15) is 0 Å². The lowest BCUT2D eigenvalue weighted by molar-refractivity contribution is -0.137. The van der Waals surface area contributed by atoms with Crippen molar-refractivity contribution in [2.24, 2.45) is 5.92 Å². The van der Waals surface area contributed by atoms with Gasteiger partial charge in [-0.25, -0.2) is 0 Å². The quantitative estimate of drug-likeness (QED) is 0.342. The van der Waals surface area contributed by atoms with Crippen molar-refractivity contribution in [1.29, 1.82) is 0 Å². The lowest BCUT2D eigenvalue weighted by atomic mass is 9.93. The van der Waals surface area contributed by atoms with Crippen LogP contribution in [0.1, 0.15) is 93.7 Å². The van der Waals surface area contributed by atoms with Gasteiger partial charge >= 0.3 is 6.18 Å². The fourth-order valence-electron chi connectivity index (χ4n) is 5.73. The molecule has 1 heterocycles. The van der Waals surface area contributed by atoms with Crippen molar-refractivity contribution in [2.75, 3.05) is 20.1 Å². The third kappa shape index (κ3) is 7.86. The molecule has 2 aromatic rings. The number of aromatic nitrogens is 2. The number of halogens is 3. The van der Waals surface area contributed by atoms with Crippen LogP contribution in [0.15, 0.2) is 30.3 Å². The Labute approximate surface area is 234 Å². The molecule has 4 rings (SSSR count). The number of hydrogen-bond donors (Lipinski definition) is 2. The van der Waals surface area contributed by atoms with Crippen LogP contribution in [0.25, 0.3) is 11.3 Å². The molecule has 2 aliphatic carbocycles. The molecule has 2 amide bonds. The molecule has 2 fully saturated rings. The number of benzene rings is 1. The zero-order chi connectivity index (χ0) is 28.9. The molecular formula is C30H42F3N5O2. The van der Waals surface area contributed by atoms with E-state index in [1.54, 1.807) is 10.7 Å². The Hall–Kier alpha value is -2.88. The van der Waals surface area contributed by atoms with E-state index in [0.717, 1.165) is 57.6 Å². The fourth-order valence-corrected chi connectivity index (χ4v) is 5.73. The van der Waals surface area contributed by atoms with Gasteiger partial charge in [-0.1, -0.05) is 44.9 Å². The van der Waals surface area contributed by atoms with E-state index in [1.165, 1.54) is 18.2 Å². The summed E-state index contributed by atoms with van der Waals surface area (Å²) in [6.45, 7) is 5.86. The van der Waals surface area contributed by atoms with Gasteiger partial charge < -0.3 is 15.5 Å². The normalized spacial score (nSPS) is 17.3. The van der Waals surface area contributed by atoms with E-state index in [9.17, 15) is 22.8 Å². The first-order chi connectivity index (χ1) is 19.0. The standard InChI is InChI=1S/C30H42F3N5O2/c1-20(2)19-37(3)16-15-22(17-28(39)34-21-9-8-10-21)35-29(40)26-18-27(38(36-26)23-11-4-5-12-23)24-13-6-7-14-25(24)30(31,32)33/h6-7,13-14,18,20-23H,4-5,8-12,15-17,19H2,1-3H3,(H,34,39)(H,35,40). The summed E-state index contributed by atoms with van der Waals surface area (Å²) in [7, 11) is 2.01. The average Bonchev–Trinajstić information content (AvgIpc) is 3.54. The second-order valence-electron chi connectivity index (χ2n) is 11.9. The van der Waals surface area contributed by atoms with E-state index in [-0.39, 0.29) is 35.7 Å². The number of hydrogen-bond acceptors (Lipinski definition) is 4. The highest BCUT2D eigenvalue weighted by Gasteiger charge is 2.35. The molecule has 2 saturated carbocycles. The molecule has 0 aliphatic heterocycles. The summed E-state index contributed by atoms with van der Waals surface area (Å²) in [6, 6.07) is 6.61. The number of nitrogens with zero attached hydrogens (tertiary/aromatic N) is 3. The van der Waals surface area contributed by atoms with E-state index >= 15 is 0 Å². The summed E-state index contributed by atoms with van der Waals surface area (Å²) in [5, 5.41) is 10.6. The zero-order valence-corrected chi connectivity index (χ0v) is 23.8. The molecule has 0 saturated heterocycles. The number of nitrogens with one attached hydrogen (secondary N) is 2. The van der Waals surface area contributed by atoms with Crippen LogP contribution in [0.5, 0.6) is 0 Å². The zero-order valence-electron chi connectivity index (χ0n) is 23.8. The maximum Gasteiger partial charge on any atom is 0.417 e. The van der Waals surface area contributed by atoms with Gasteiger partial charge in [0.05, 0.1) is 17.3 Å². The van der Waals surface area contributed by atoms with E-state index in [0.29, 0.717) is 24.6 Å². The first-order valence-electron chi connectivity index (χ1n) is 14.6. The molecule has 40 heavy (non-hydrogen) atoms. The molecule has 0 radical (unpaired) electrons. The lowest BCUT2D eigenvalue weighted by Crippen LogP contribution is -2.45. The molecule has 1 unspecified atom stereocenters. The Bertz CT molecular complexity index is 1150. The predicted octanol–water partition coefficient (Wildman–Crippen LogP) is 5.82. The summed E-state index contributed by atoms with van der Waals surface area (Å²) in [5.41, 5.74) is -0.375. The molecule has 1 aromatic heterocycles. The Morgan fingerprint density at radius 3 is 2.42 bits per heavy atom. The first kappa shape index (κ1) is 30.1. The van der Waals surface area contributed by atoms with Crippen molar-refractivity contribution in [2.45, 2.75) is 95.9 Å². The van der Waals surface area contributed by atoms with E-state index in [2.05, 4.69) is 34.5 Å². The van der Waals surface area contributed by atoms with Gasteiger partial charge in [-0.05, 0) is 70.2 Å². The van der Waals surface area contributed by atoms with E-state index < -0.39 is 23.7 Å². The predicted molar refractivity (Wildman–Crippen MR) is 149 cm³/mol. The van der Waals surface area contributed by atoms with Crippen LogP contribution < -0.4 is 10.6 Å². The van der Waals surface area contributed by atoms with Crippen molar-refractivity contribution in [3.8, 4) is 11.3 Å². The Morgan fingerprint density at radius 1 is 1.10 bits per heavy atom. The smallest absolute Gasteiger partial charge is 0.353 e. The molecular weight excluding hydrogens is 519 g/mol. The molecule has 1 aromatic carbocycles. The van der Waals surface area contributed by atoms with Crippen molar-refractivity contribution in [3.05, 3.63) is 41.6 Å². The van der Waals surface area contributed by atoms with Gasteiger partial charge in [-0.3, -0.25) is 14.3 Å². The largest absolute Gasteiger partial charge is 0.417 e. The van der Waals surface area contributed by atoms with Crippen LogP contribution in [0.4, 0.5) is 13.2 Å². The summed E-state index contributed by atoms with van der Waals surface area (Å²) >= 11 is 0. The van der Waals surface area contributed by atoms with Gasteiger partial charge in [0.15, 0.2) is 5.69 Å². The fraction of sp³-hybridized carbons (Fsp3) is 0.633. The molecule has 1 atom stereocenters. The summed E-state index contributed by atoms with van der Waals surface area (Å²) in [4.78, 5) is 28.4. The Balaban J connectivity index is 1.57. The maximum atomic E-state index is 13.9. The number of carbonyl (C=O) groups is 2. The highest BCUT2D eigenvalue weighted by atomic mass is 19.4. The van der Waals surface area contributed by atoms with Crippen LogP contribution in [-0.2, 0) is 11.0 Å². The Morgan fingerprint density at radius 2 is 1.80 bits per heavy atom. The first-order valence-corrected chi connectivity index (χ1v) is 14.6. The highest BCUT2D eigenvalue weighted by molar-refractivity contribution is 5.94. The SMILES string of the molecule is CC(C)CN(C)CCC(CC(=O)NC1CCC1)NC(=O)c1cc(-c2ccccc2C(F)(F)F)n(C2CCCC2)n1. The molecule has 2 N–H and O–H groups in total. The summed E-state index contributed by atoms with van der Waals surface area (Å²) < 4.78 is 43.3. The van der Waals surface area contributed by atoms with Crippen molar-refractivity contribution >= 4 is 11.8 Å². The molecule has 0 bridgehead atoms. The monoisotopic (exact) mass is 561 g/mol. The third-order valence-electron chi connectivity index (χ3n) is 7.92. The minimum atomic E-state index is -4.54. The minimum Gasteiger partial charge on any atom is -0.353 e. The molecule has 0 spiro atoms. The molecule has 7 nitrogen and oxygen atoms in total. The number of amides is 2. The number of carbonyl (C=O) groups excluding carboxylic acids is 2. The van der Waals surface area contributed by atoms with Crippen LogP contribution >= 0.6 is 0 Å². The molecule has 220 valence electrons. The van der Waals surface area contributed by atoms with Crippen molar-refractivity contribution in [3.63, 3.8) is 0 Å². The summed E-state index contributed by atoms with van der Waals surface area (Å²) in [5.74, 6) is -0.0919. The third-order valence-corrected chi connectivity index (χ3v) is 7.92. The van der Waals surface area contributed by atoms with Gasteiger partial charge in [-0.15, -0.1) is 0 Å². The van der Waals surface area contributed by atoms with Crippen LogP contribution in [0, 0.1) is 5.92 Å². The topological polar surface area (TPSA) is 79.3 Å². The van der Waals surface area contributed by atoms with Gasteiger partial charge in [-0.2, -0.15) is 18.3 Å². The van der Waals surface area contributed by atoms with Crippen LogP contribution in [0.3, 0.4) is 0 Å². The second kappa shape index (κ2) is 13.2. The number of rotatable bonds is 12. The van der Waals surface area contributed by atoms with E-state index in [1.807, 2.05) is 7.05 Å². The van der Waals surface area contributed by atoms with Gasteiger partial charge in [0.2, 0.25) is 5.91 Å². The minimum absolute atomic E-state index is 0.0141. The molecule has 10 heteroatoms. The van der Waals surface area contributed by atoms with Crippen LogP contribution in [0.2, 0.25) is 0 Å². The molecule has 2 aliphatic rings. The maximum absolute atomic E-state index is 13.9. The highest BCUT2D eigenvalue weighted by Crippen LogP contribution is 2.40. The van der Waals surface area contributed by atoms with Crippen molar-refractivity contribution < 1.29 is 22.8 Å². The average molecular weight is 562 g/mol. The number of alkyl halides is 3. The Kier molecular flexibility index (Phi) is 9.92. The lowest BCUT2D eigenvalue weighted by Gasteiger charge is -2.28. The van der Waals surface area contributed by atoms with E-state index in [4.69, 9.17) is 0 Å². The van der Waals surface area contributed by atoms with Gasteiger partial charge in [0.25, 0.3) is 5.91 Å².